The van der Waals surface area contributed by atoms with Gasteiger partial charge in [0.15, 0.2) is 0 Å². The molecule has 4 aromatic carbocycles. The van der Waals surface area contributed by atoms with Gasteiger partial charge in [-0.3, -0.25) is 0 Å². The van der Waals surface area contributed by atoms with Crippen molar-refractivity contribution < 1.29 is 35.0 Å². The molecule has 3 aliphatic rings. The summed E-state index contributed by atoms with van der Waals surface area (Å²) in [5, 5.41) is 51.3. The Bertz CT molecular complexity index is 1770. The van der Waals surface area contributed by atoms with E-state index in [2.05, 4.69) is 13.0 Å². The lowest BCUT2D eigenvalue weighted by atomic mass is 9.61. The second-order valence-electron chi connectivity index (χ2n) is 11.0. The van der Waals surface area contributed by atoms with Gasteiger partial charge >= 0.3 is 0 Å². The number of rotatable bonds is 3. The van der Waals surface area contributed by atoms with Gasteiger partial charge in [0.05, 0.1) is 11.5 Å². The van der Waals surface area contributed by atoms with E-state index >= 15 is 0 Å². The van der Waals surface area contributed by atoms with E-state index in [1.54, 1.807) is 30.3 Å². The molecule has 41 heavy (non-hydrogen) atoms. The zero-order valence-electron chi connectivity index (χ0n) is 22.2. The molecule has 4 atom stereocenters. The molecule has 2 aliphatic heterocycles. The lowest BCUT2D eigenvalue weighted by Gasteiger charge is -2.55. The average Bonchev–Trinajstić information content (AvgIpc) is 2.92. The molecule has 0 spiro atoms. The van der Waals surface area contributed by atoms with Crippen LogP contribution in [0.2, 0.25) is 0 Å². The standard InChI is InChI=1S/C34H28O7/c1-18-12-26-24-9-3-19(2-4-20-5-6-21(35)15-29(20)38)14-31(24)40-34(28-11-8-22(36)16-30(28)39)33(26)27(13-18)25-10-7-23(37)17-32(25)41-34/h2-12,14-17,26-27,33,35-39H,13H2,1H3. The first-order chi connectivity index (χ1) is 19.7. The van der Waals surface area contributed by atoms with Crippen molar-refractivity contribution in [2.24, 2.45) is 5.92 Å². The van der Waals surface area contributed by atoms with Crippen LogP contribution < -0.4 is 9.47 Å². The maximum absolute atomic E-state index is 11.1. The zero-order chi connectivity index (χ0) is 28.5. The molecule has 0 aromatic heterocycles. The van der Waals surface area contributed by atoms with Crippen molar-refractivity contribution >= 4 is 12.2 Å². The fourth-order valence-electron chi connectivity index (χ4n) is 6.67. The third-order valence-corrected chi connectivity index (χ3v) is 8.41. The number of fused-ring (bicyclic) bond motifs is 4. The molecule has 7 nitrogen and oxygen atoms in total. The van der Waals surface area contributed by atoms with Crippen LogP contribution in [-0.4, -0.2) is 25.5 Å². The Morgan fingerprint density at radius 2 is 1.37 bits per heavy atom. The van der Waals surface area contributed by atoms with Crippen LogP contribution in [0, 0.1) is 5.92 Å². The highest BCUT2D eigenvalue weighted by Crippen LogP contribution is 2.64. The lowest BCUT2D eigenvalue weighted by molar-refractivity contribution is -0.198. The first-order valence-corrected chi connectivity index (χ1v) is 13.5. The molecule has 0 bridgehead atoms. The van der Waals surface area contributed by atoms with Crippen LogP contribution in [0.4, 0.5) is 0 Å². The number of phenolic OH excluding ortho intramolecular Hbond substituents is 5. The second kappa shape index (κ2) is 8.99. The zero-order valence-corrected chi connectivity index (χ0v) is 22.2. The summed E-state index contributed by atoms with van der Waals surface area (Å²) in [5.74, 6) is -0.991. The highest BCUT2D eigenvalue weighted by atomic mass is 16.7. The van der Waals surface area contributed by atoms with Gasteiger partial charge in [-0.1, -0.05) is 42.0 Å². The third-order valence-electron chi connectivity index (χ3n) is 8.41. The largest absolute Gasteiger partial charge is 0.508 e. The van der Waals surface area contributed by atoms with Crippen LogP contribution >= 0.6 is 0 Å². The van der Waals surface area contributed by atoms with Gasteiger partial charge in [0.25, 0.3) is 5.79 Å². The summed E-state index contributed by atoms with van der Waals surface area (Å²) < 4.78 is 13.5. The molecule has 0 amide bonds. The topological polar surface area (TPSA) is 120 Å². The van der Waals surface area contributed by atoms with E-state index in [1.807, 2.05) is 30.3 Å². The fraction of sp³-hybridized carbons (Fsp3) is 0.176. The van der Waals surface area contributed by atoms with E-state index in [1.165, 1.54) is 29.8 Å². The summed E-state index contributed by atoms with van der Waals surface area (Å²) in [6.07, 6.45) is 6.60. The maximum atomic E-state index is 11.1. The molecule has 0 radical (unpaired) electrons. The normalized spacial score (nSPS) is 23.9. The summed E-state index contributed by atoms with van der Waals surface area (Å²) in [7, 11) is 0. The van der Waals surface area contributed by atoms with E-state index < -0.39 is 5.79 Å². The Morgan fingerprint density at radius 3 is 2.12 bits per heavy atom. The molecule has 7 heteroatoms. The minimum Gasteiger partial charge on any atom is -0.508 e. The second-order valence-corrected chi connectivity index (χ2v) is 11.0. The summed E-state index contributed by atoms with van der Waals surface area (Å²) in [6.45, 7) is 2.11. The molecule has 7 rings (SSSR count). The molecule has 2 heterocycles. The first kappa shape index (κ1) is 25.0. The van der Waals surface area contributed by atoms with E-state index in [4.69, 9.17) is 9.47 Å². The van der Waals surface area contributed by atoms with Gasteiger partial charge < -0.3 is 35.0 Å². The van der Waals surface area contributed by atoms with Crippen molar-refractivity contribution in [3.05, 3.63) is 112 Å². The molecule has 0 fully saturated rings. The summed E-state index contributed by atoms with van der Waals surface area (Å²) in [5.41, 5.74) is 4.93. The number of hydrogen-bond donors (Lipinski definition) is 5. The highest BCUT2D eigenvalue weighted by Gasteiger charge is 2.61. The number of hydrogen-bond acceptors (Lipinski definition) is 7. The maximum Gasteiger partial charge on any atom is 0.285 e. The molecular weight excluding hydrogens is 520 g/mol. The van der Waals surface area contributed by atoms with Gasteiger partial charge in [0.1, 0.15) is 40.2 Å². The van der Waals surface area contributed by atoms with Crippen LogP contribution in [0.1, 0.15) is 53.0 Å². The number of allylic oxidation sites excluding steroid dienone is 2. The number of ether oxygens (including phenoxy) is 2. The van der Waals surface area contributed by atoms with Crippen LogP contribution in [0.5, 0.6) is 40.2 Å². The minimum absolute atomic E-state index is 0.0179. The Kier molecular flexibility index (Phi) is 5.47. The van der Waals surface area contributed by atoms with Crippen LogP contribution in [0.15, 0.2) is 84.4 Å². The van der Waals surface area contributed by atoms with Crippen LogP contribution in [0.3, 0.4) is 0 Å². The van der Waals surface area contributed by atoms with Crippen molar-refractivity contribution in [1.29, 1.82) is 0 Å². The van der Waals surface area contributed by atoms with E-state index in [-0.39, 0.29) is 46.5 Å². The van der Waals surface area contributed by atoms with E-state index in [0.29, 0.717) is 22.6 Å². The Balaban J connectivity index is 1.41. The predicted octanol–water partition coefficient (Wildman–Crippen LogP) is 6.86. The third kappa shape index (κ3) is 3.96. The minimum atomic E-state index is -1.45. The molecule has 0 saturated carbocycles. The lowest BCUT2D eigenvalue weighted by Crippen LogP contribution is -2.56. The monoisotopic (exact) mass is 548 g/mol. The van der Waals surface area contributed by atoms with Gasteiger partial charge in [-0.25, -0.2) is 0 Å². The molecule has 5 N–H and O–H groups in total. The van der Waals surface area contributed by atoms with Crippen molar-refractivity contribution in [1.82, 2.24) is 0 Å². The molecule has 4 aromatic rings. The smallest absolute Gasteiger partial charge is 0.285 e. The Hall–Kier alpha value is -5.04. The Morgan fingerprint density at radius 1 is 0.707 bits per heavy atom. The Labute approximate surface area is 236 Å². The summed E-state index contributed by atoms with van der Waals surface area (Å²) >= 11 is 0. The average molecular weight is 549 g/mol. The fourth-order valence-corrected chi connectivity index (χ4v) is 6.67. The van der Waals surface area contributed by atoms with Crippen molar-refractivity contribution in [3.63, 3.8) is 0 Å². The summed E-state index contributed by atoms with van der Waals surface area (Å²) in [4.78, 5) is 0. The molecule has 206 valence electrons. The van der Waals surface area contributed by atoms with Gasteiger partial charge in [-0.15, -0.1) is 0 Å². The number of phenols is 5. The van der Waals surface area contributed by atoms with Crippen molar-refractivity contribution in [3.8, 4) is 40.2 Å². The van der Waals surface area contributed by atoms with Gasteiger partial charge in [0, 0.05) is 41.2 Å². The van der Waals surface area contributed by atoms with E-state index in [9.17, 15) is 25.5 Å². The van der Waals surface area contributed by atoms with Crippen LogP contribution in [0.25, 0.3) is 12.2 Å². The number of benzene rings is 4. The van der Waals surface area contributed by atoms with Gasteiger partial charge in [-0.2, -0.15) is 0 Å². The van der Waals surface area contributed by atoms with Crippen LogP contribution in [-0.2, 0) is 5.79 Å². The van der Waals surface area contributed by atoms with Crippen molar-refractivity contribution in [2.45, 2.75) is 31.0 Å². The quantitative estimate of drug-likeness (QED) is 0.140. The first-order valence-electron chi connectivity index (χ1n) is 13.5. The number of aromatic hydroxyl groups is 5. The SMILES string of the molecule is CC1=CC2c3ccc(C=Cc4ccc(O)cc4O)cc3OC3(c4ccc(O)cc4O)Oc4cc(O)ccc4C(C1)C23. The van der Waals surface area contributed by atoms with E-state index in [0.717, 1.165) is 23.1 Å². The molecule has 4 unspecified atom stereocenters. The highest BCUT2D eigenvalue weighted by molar-refractivity contribution is 5.74. The van der Waals surface area contributed by atoms with Gasteiger partial charge in [0.2, 0.25) is 0 Å². The molecule has 1 aliphatic carbocycles. The molecule has 0 saturated heterocycles. The van der Waals surface area contributed by atoms with Gasteiger partial charge in [-0.05, 0) is 60.9 Å². The summed E-state index contributed by atoms with van der Waals surface area (Å²) in [6, 6.07) is 19.9. The van der Waals surface area contributed by atoms with Crippen molar-refractivity contribution in [2.75, 3.05) is 0 Å². The molecular formula is C34H28O7. The predicted molar refractivity (Wildman–Crippen MR) is 153 cm³/mol.